The molecule has 1 saturated heterocycles. The van der Waals surface area contributed by atoms with Crippen molar-refractivity contribution in [2.24, 2.45) is 0 Å². The van der Waals surface area contributed by atoms with Crippen LogP contribution < -0.4 is 0 Å². The minimum Gasteiger partial charge on any atom is -0.340 e. The van der Waals surface area contributed by atoms with Gasteiger partial charge in [0.15, 0.2) is 0 Å². The SMILES string of the molecule is CCC(=O)N1CCN(CCBr)CC1. The molecular formula is C9H17BrN2O. The van der Waals surface area contributed by atoms with Crippen LogP contribution in [0, 0.1) is 0 Å². The highest BCUT2D eigenvalue weighted by Gasteiger charge is 2.18. The molecule has 0 spiro atoms. The molecule has 0 unspecified atom stereocenters. The van der Waals surface area contributed by atoms with Gasteiger partial charge in [0.05, 0.1) is 0 Å². The zero-order valence-electron chi connectivity index (χ0n) is 8.13. The summed E-state index contributed by atoms with van der Waals surface area (Å²) in [4.78, 5) is 15.7. The quantitative estimate of drug-likeness (QED) is 0.695. The fraction of sp³-hybridized carbons (Fsp3) is 0.889. The molecule has 0 bridgehead atoms. The van der Waals surface area contributed by atoms with Gasteiger partial charge in [-0.3, -0.25) is 9.69 Å². The van der Waals surface area contributed by atoms with E-state index in [4.69, 9.17) is 0 Å². The van der Waals surface area contributed by atoms with Gasteiger partial charge in [0.1, 0.15) is 0 Å². The molecule has 3 nitrogen and oxygen atoms in total. The van der Waals surface area contributed by atoms with Crippen LogP contribution in [0.15, 0.2) is 0 Å². The van der Waals surface area contributed by atoms with E-state index in [1.54, 1.807) is 0 Å². The average Bonchev–Trinajstić information content (AvgIpc) is 2.18. The molecule has 1 fully saturated rings. The molecule has 0 aromatic carbocycles. The van der Waals surface area contributed by atoms with Gasteiger partial charge in [-0.25, -0.2) is 0 Å². The van der Waals surface area contributed by atoms with Gasteiger partial charge < -0.3 is 4.90 Å². The van der Waals surface area contributed by atoms with Crippen LogP contribution in [0.2, 0.25) is 0 Å². The summed E-state index contributed by atoms with van der Waals surface area (Å²) in [6.45, 7) is 6.87. The van der Waals surface area contributed by atoms with E-state index in [0.717, 1.165) is 38.1 Å². The van der Waals surface area contributed by atoms with Crippen LogP contribution in [-0.2, 0) is 4.79 Å². The van der Waals surface area contributed by atoms with E-state index in [2.05, 4.69) is 20.8 Å². The Kier molecular flexibility index (Phi) is 4.73. The smallest absolute Gasteiger partial charge is 0.222 e. The largest absolute Gasteiger partial charge is 0.340 e. The Balaban J connectivity index is 2.26. The molecule has 1 amide bonds. The van der Waals surface area contributed by atoms with Crippen LogP contribution >= 0.6 is 15.9 Å². The third-order valence-corrected chi connectivity index (χ3v) is 2.78. The predicted octanol–water partition coefficient (Wildman–Crippen LogP) is 0.935. The topological polar surface area (TPSA) is 23.6 Å². The zero-order valence-corrected chi connectivity index (χ0v) is 9.72. The maximum absolute atomic E-state index is 11.3. The number of piperazine rings is 1. The van der Waals surface area contributed by atoms with Crippen LogP contribution in [0.25, 0.3) is 0 Å². The fourth-order valence-electron chi connectivity index (χ4n) is 1.56. The van der Waals surface area contributed by atoms with E-state index >= 15 is 0 Å². The summed E-state index contributed by atoms with van der Waals surface area (Å²) >= 11 is 3.42. The molecule has 1 aliphatic rings. The van der Waals surface area contributed by atoms with Crippen molar-refractivity contribution in [2.75, 3.05) is 38.1 Å². The summed E-state index contributed by atoms with van der Waals surface area (Å²) in [5.41, 5.74) is 0. The summed E-state index contributed by atoms with van der Waals surface area (Å²) in [7, 11) is 0. The molecule has 1 rings (SSSR count). The maximum Gasteiger partial charge on any atom is 0.222 e. The van der Waals surface area contributed by atoms with Gasteiger partial charge in [-0.15, -0.1) is 0 Å². The van der Waals surface area contributed by atoms with Gasteiger partial charge in [0, 0.05) is 44.5 Å². The molecule has 0 aromatic rings. The van der Waals surface area contributed by atoms with E-state index < -0.39 is 0 Å². The van der Waals surface area contributed by atoms with Crippen LogP contribution in [0.3, 0.4) is 0 Å². The number of hydrogen-bond acceptors (Lipinski definition) is 2. The normalized spacial score (nSPS) is 19.1. The Morgan fingerprint density at radius 3 is 2.38 bits per heavy atom. The molecule has 0 N–H and O–H groups in total. The lowest BCUT2D eigenvalue weighted by molar-refractivity contribution is -0.132. The molecule has 76 valence electrons. The lowest BCUT2D eigenvalue weighted by Crippen LogP contribution is -2.48. The zero-order chi connectivity index (χ0) is 9.68. The van der Waals surface area contributed by atoms with Crippen molar-refractivity contribution in [3.05, 3.63) is 0 Å². The minimum atomic E-state index is 0.290. The minimum absolute atomic E-state index is 0.290. The van der Waals surface area contributed by atoms with Crippen molar-refractivity contribution in [1.82, 2.24) is 9.80 Å². The monoisotopic (exact) mass is 248 g/mol. The van der Waals surface area contributed by atoms with Gasteiger partial charge in [-0.05, 0) is 0 Å². The molecule has 0 atom stereocenters. The first-order valence-corrected chi connectivity index (χ1v) is 5.96. The Morgan fingerprint density at radius 1 is 1.31 bits per heavy atom. The molecule has 0 saturated carbocycles. The first-order chi connectivity index (χ1) is 6.27. The molecule has 1 aliphatic heterocycles. The number of amides is 1. The van der Waals surface area contributed by atoms with E-state index in [0.29, 0.717) is 12.3 Å². The first-order valence-electron chi connectivity index (χ1n) is 4.84. The third-order valence-electron chi connectivity index (χ3n) is 2.43. The second-order valence-electron chi connectivity index (χ2n) is 3.26. The Hall–Kier alpha value is -0.0900. The Labute approximate surface area is 88.2 Å². The van der Waals surface area contributed by atoms with Gasteiger partial charge in [-0.1, -0.05) is 22.9 Å². The molecule has 0 aliphatic carbocycles. The molecule has 0 aromatic heterocycles. The summed E-state index contributed by atoms with van der Waals surface area (Å²) < 4.78 is 0. The third kappa shape index (κ3) is 3.27. The van der Waals surface area contributed by atoms with Crippen molar-refractivity contribution in [1.29, 1.82) is 0 Å². The number of halogens is 1. The summed E-state index contributed by atoms with van der Waals surface area (Å²) in [6.07, 6.45) is 0.637. The number of carbonyl (C=O) groups is 1. The number of nitrogens with zero attached hydrogens (tertiary/aromatic N) is 2. The maximum atomic E-state index is 11.3. The summed E-state index contributed by atoms with van der Waals surface area (Å²) in [5, 5.41) is 1.02. The van der Waals surface area contributed by atoms with Gasteiger partial charge >= 0.3 is 0 Å². The van der Waals surface area contributed by atoms with Crippen molar-refractivity contribution in [3.63, 3.8) is 0 Å². The number of rotatable bonds is 3. The Bertz CT molecular complexity index is 167. The lowest BCUT2D eigenvalue weighted by atomic mass is 10.3. The van der Waals surface area contributed by atoms with E-state index in [1.165, 1.54) is 0 Å². The molecule has 0 radical (unpaired) electrons. The van der Waals surface area contributed by atoms with E-state index in [-0.39, 0.29) is 0 Å². The molecule has 4 heteroatoms. The van der Waals surface area contributed by atoms with Gasteiger partial charge in [0.25, 0.3) is 0 Å². The lowest BCUT2D eigenvalue weighted by Gasteiger charge is -2.34. The second-order valence-corrected chi connectivity index (χ2v) is 4.06. The highest BCUT2D eigenvalue weighted by atomic mass is 79.9. The fourth-order valence-corrected chi connectivity index (χ4v) is 2.07. The van der Waals surface area contributed by atoms with Gasteiger partial charge in [-0.2, -0.15) is 0 Å². The van der Waals surface area contributed by atoms with Crippen LogP contribution in [0.1, 0.15) is 13.3 Å². The summed E-state index contributed by atoms with van der Waals surface area (Å²) in [5.74, 6) is 0.290. The highest BCUT2D eigenvalue weighted by molar-refractivity contribution is 9.09. The van der Waals surface area contributed by atoms with Crippen LogP contribution in [0.5, 0.6) is 0 Å². The number of carbonyl (C=O) groups excluding carboxylic acids is 1. The van der Waals surface area contributed by atoms with Crippen molar-refractivity contribution in [3.8, 4) is 0 Å². The first kappa shape index (κ1) is 11.0. The van der Waals surface area contributed by atoms with Crippen LogP contribution in [-0.4, -0.2) is 53.8 Å². The van der Waals surface area contributed by atoms with Gasteiger partial charge in [0.2, 0.25) is 5.91 Å². The number of hydrogen-bond donors (Lipinski definition) is 0. The van der Waals surface area contributed by atoms with Crippen LogP contribution in [0.4, 0.5) is 0 Å². The average molecular weight is 249 g/mol. The molecule has 1 heterocycles. The highest BCUT2D eigenvalue weighted by Crippen LogP contribution is 2.03. The summed E-state index contributed by atoms with van der Waals surface area (Å²) in [6, 6.07) is 0. The second kappa shape index (κ2) is 5.60. The van der Waals surface area contributed by atoms with Crippen molar-refractivity contribution in [2.45, 2.75) is 13.3 Å². The van der Waals surface area contributed by atoms with E-state index in [1.807, 2.05) is 11.8 Å². The van der Waals surface area contributed by atoms with Crippen molar-refractivity contribution < 1.29 is 4.79 Å². The Morgan fingerprint density at radius 2 is 1.92 bits per heavy atom. The van der Waals surface area contributed by atoms with E-state index in [9.17, 15) is 4.79 Å². The molecule has 13 heavy (non-hydrogen) atoms. The number of alkyl halides is 1. The predicted molar refractivity (Wildman–Crippen MR) is 57.1 cm³/mol. The van der Waals surface area contributed by atoms with Crippen molar-refractivity contribution >= 4 is 21.8 Å². The standard InChI is InChI=1S/C9H17BrN2O/c1-2-9(13)12-7-5-11(4-3-10)6-8-12/h2-8H2,1H3. The molecular weight excluding hydrogens is 232 g/mol.